The minimum Gasteiger partial charge on any atom is -0.0651 e. The van der Waals surface area contributed by atoms with Crippen LogP contribution in [0.15, 0.2) is 0 Å². The SMILES string of the molecule is CCC1CC2(C)CC1C2. The van der Waals surface area contributed by atoms with E-state index in [9.17, 15) is 0 Å². The van der Waals surface area contributed by atoms with Crippen molar-refractivity contribution in [2.75, 3.05) is 0 Å². The molecule has 0 aromatic carbocycles. The smallest absolute Gasteiger partial charge is 0.0318 e. The Morgan fingerprint density at radius 3 is 2.22 bits per heavy atom. The van der Waals surface area contributed by atoms with E-state index in [2.05, 4.69) is 13.8 Å². The van der Waals surface area contributed by atoms with Crippen LogP contribution in [0.3, 0.4) is 0 Å². The van der Waals surface area contributed by atoms with Crippen LogP contribution in [0, 0.1) is 17.3 Å². The summed E-state index contributed by atoms with van der Waals surface area (Å²) in [6, 6.07) is 0. The average Bonchev–Trinajstić information content (AvgIpc) is 2.18. The Bertz CT molecular complexity index is 120. The van der Waals surface area contributed by atoms with Gasteiger partial charge in [0.2, 0.25) is 0 Å². The third kappa shape index (κ3) is 0.653. The largest absolute Gasteiger partial charge is 0.0651 e. The van der Waals surface area contributed by atoms with Gasteiger partial charge >= 0.3 is 0 Å². The van der Waals surface area contributed by atoms with E-state index in [4.69, 9.17) is 0 Å². The number of hydrogen-bond donors (Lipinski definition) is 0. The highest BCUT2D eigenvalue weighted by Crippen LogP contribution is 2.62. The van der Waals surface area contributed by atoms with E-state index in [1.807, 2.05) is 0 Å². The van der Waals surface area contributed by atoms with Crippen LogP contribution in [-0.2, 0) is 0 Å². The van der Waals surface area contributed by atoms with E-state index in [0.29, 0.717) is 0 Å². The molecule has 0 heterocycles. The minimum atomic E-state index is 0.811. The van der Waals surface area contributed by atoms with E-state index in [-0.39, 0.29) is 0 Å². The molecule has 0 N–H and O–H groups in total. The monoisotopic (exact) mass is 124 g/mol. The number of hydrogen-bond acceptors (Lipinski definition) is 0. The summed E-state index contributed by atoms with van der Waals surface area (Å²) in [5, 5.41) is 0. The fraction of sp³-hybridized carbons (Fsp3) is 1.00. The third-order valence-electron chi connectivity index (χ3n) is 3.46. The Kier molecular flexibility index (Phi) is 0.980. The summed E-state index contributed by atoms with van der Waals surface area (Å²) in [5.41, 5.74) is 0.811. The van der Waals surface area contributed by atoms with Crippen LogP contribution >= 0.6 is 0 Å². The molecule has 0 spiro atoms. The Balaban J connectivity index is 2.06. The number of rotatable bonds is 1. The maximum absolute atomic E-state index is 2.46. The van der Waals surface area contributed by atoms with Gasteiger partial charge in [-0.05, 0) is 36.5 Å². The molecule has 3 aliphatic rings. The van der Waals surface area contributed by atoms with Crippen LogP contribution in [0.5, 0.6) is 0 Å². The molecule has 0 aromatic heterocycles. The first-order valence-corrected chi connectivity index (χ1v) is 4.23. The highest BCUT2D eigenvalue weighted by Gasteiger charge is 2.51. The van der Waals surface area contributed by atoms with Gasteiger partial charge in [-0.25, -0.2) is 0 Å². The topological polar surface area (TPSA) is 0 Å². The lowest BCUT2D eigenvalue weighted by Crippen LogP contribution is -2.24. The normalized spacial score (nSPS) is 55.3. The van der Waals surface area contributed by atoms with E-state index < -0.39 is 0 Å². The minimum absolute atomic E-state index is 0.811. The molecule has 0 aromatic rings. The maximum atomic E-state index is 2.46. The first-order valence-electron chi connectivity index (χ1n) is 4.23. The van der Waals surface area contributed by atoms with Gasteiger partial charge in [-0.3, -0.25) is 0 Å². The highest BCUT2D eigenvalue weighted by molar-refractivity contribution is 5.02. The van der Waals surface area contributed by atoms with Gasteiger partial charge in [-0.1, -0.05) is 20.3 Å². The molecule has 3 saturated carbocycles. The summed E-state index contributed by atoms with van der Waals surface area (Å²) in [6.07, 6.45) is 6.06. The summed E-state index contributed by atoms with van der Waals surface area (Å²) in [4.78, 5) is 0. The Hall–Kier alpha value is 0. The number of fused-ring (bicyclic) bond motifs is 1. The van der Waals surface area contributed by atoms with Gasteiger partial charge in [-0.2, -0.15) is 0 Å². The van der Waals surface area contributed by atoms with Crippen LogP contribution in [0.2, 0.25) is 0 Å². The second-order valence-corrected chi connectivity index (χ2v) is 4.35. The predicted molar refractivity (Wildman–Crippen MR) is 39.2 cm³/mol. The van der Waals surface area contributed by atoms with Gasteiger partial charge in [0.15, 0.2) is 0 Å². The third-order valence-corrected chi connectivity index (χ3v) is 3.46. The van der Waals surface area contributed by atoms with Crippen LogP contribution < -0.4 is 0 Å². The van der Waals surface area contributed by atoms with E-state index in [1.165, 1.54) is 12.8 Å². The van der Waals surface area contributed by atoms with Crippen molar-refractivity contribution in [2.45, 2.75) is 39.5 Å². The van der Waals surface area contributed by atoms with Crippen molar-refractivity contribution in [3.63, 3.8) is 0 Å². The molecule has 1 unspecified atom stereocenters. The summed E-state index contributed by atoms with van der Waals surface area (Å²) in [7, 11) is 0. The molecule has 0 aliphatic heterocycles. The van der Waals surface area contributed by atoms with Crippen molar-refractivity contribution in [3.8, 4) is 0 Å². The van der Waals surface area contributed by atoms with E-state index >= 15 is 0 Å². The van der Waals surface area contributed by atoms with Crippen molar-refractivity contribution in [2.24, 2.45) is 17.3 Å². The standard InChI is InChI=1S/C9H16/c1-3-7-4-9(2)5-8(7)6-9/h7-8H,3-6H2,1-2H3. The van der Waals surface area contributed by atoms with Gasteiger partial charge in [0.25, 0.3) is 0 Å². The van der Waals surface area contributed by atoms with Crippen molar-refractivity contribution >= 4 is 0 Å². The molecule has 9 heavy (non-hydrogen) atoms. The van der Waals surface area contributed by atoms with E-state index in [1.54, 1.807) is 12.8 Å². The van der Waals surface area contributed by atoms with Gasteiger partial charge < -0.3 is 0 Å². The molecule has 0 nitrogen and oxygen atoms in total. The first kappa shape index (κ1) is 5.76. The zero-order valence-electron chi connectivity index (χ0n) is 6.48. The highest BCUT2D eigenvalue weighted by atomic mass is 14.6. The molecule has 2 bridgehead atoms. The lowest BCUT2D eigenvalue weighted by atomic mass is 9.71. The Morgan fingerprint density at radius 2 is 2.00 bits per heavy atom. The predicted octanol–water partition coefficient (Wildman–Crippen LogP) is 2.83. The van der Waals surface area contributed by atoms with Gasteiger partial charge in [0.05, 0.1) is 0 Å². The molecule has 52 valence electrons. The molecule has 3 rings (SSSR count). The Labute approximate surface area is 57.6 Å². The first-order chi connectivity index (χ1) is 4.23. The summed E-state index contributed by atoms with van der Waals surface area (Å²) >= 11 is 0. The molecular weight excluding hydrogens is 108 g/mol. The van der Waals surface area contributed by atoms with Crippen LogP contribution in [0.1, 0.15) is 39.5 Å². The fourth-order valence-electron chi connectivity index (χ4n) is 2.98. The van der Waals surface area contributed by atoms with Crippen LogP contribution in [0.25, 0.3) is 0 Å². The Morgan fingerprint density at radius 1 is 1.33 bits per heavy atom. The van der Waals surface area contributed by atoms with E-state index in [0.717, 1.165) is 17.3 Å². The molecule has 1 atom stereocenters. The zero-order valence-corrected chi connectivity index (χ0v) is 6.48. The summed E-state index contributed by atoms with van der Waals surface area (Å²) in [5.74, 6) is 2.25. The molecule has 3 aliphatic carbocycles. The lowest BCUT2D eigenvalue weighted by molar-refractivity contribution is 0.162. The van der Waals surface area contributed by atoms with Crippen molar-refractivity contribution in [1.29, 1.82) is 0 Å². The van der Waals surface area contributed by atoms with Crippen molar-refractivity contribution in [1.82, 2.24) is 0 Å². The van der Waals surface area contributed by atoms with Crippen molar-refractivity contribution in [3.05, 3.63) is 0 Å². The summed E-state index contributed by atoms with van der Waals surface area (Å²) < 4.78 is 0. The van der Waals surface area contributed by atoms with Crippen LogP contribution in [-0.4, -0.2) is 0 Å². The maximum Gasteiger partial charge on any atom is -0.0318 e. The zero-order chi connectivity index (χ0) is 6.48. The van der Waals surface area contributed by atoms with Gasteiger partial charge in [-0.15, -0.1) is 0 Å². The second kappa shape index (κ2) is 1.53. The second-order valence-electron chi connectivity index (χ2n) is 4.35. The van der Waals surface area contributed by atoms with Gasteiger partial charge in [0, 0.05) is 0 Å². The molecule has 0 heteroatoms. The molecule has 0 amide bonds. The fourth-order valence-corrected chi connectivity index (χ4v) is 2.98. The molecule has 0 saturated heterocycles. The quantitative estimate of drug-likeness (QED) is 0.504. The molecular formula is C9H16. The lowest BCUT2D eigenvalue weighted by Gasteiger charge is -2.34. The van der Waals surface area contributed by atoms with Crippen molar-refractivity contribution < 1.29 is 0 Å². The van der Waals surface area contributed by atoms with Gasteiger partial charge in [0.1, 0.15) is 0 Å². The average molecular weight is 124 g/mol. The molecule has 0 radical (unpaired) electrons. The summed E-state index contributed by atoms with van der Waals surface area (Å²) in [6.45, 7) is 4.80. The van der Waals surface area contributed by atoms with Crippen LogP contribution in [0.4, 0.5) is 0 Å². The molecule has 3 fully saturated rings.